The molecule has 0 spiro atoms. The Morgan fingerprint density at radius 1 is 1.10 bits per heavy atom. The first kappa shape index (κ1) is 35.2. The molecule has 1 fully saturated rings. The lowest BCUT2D eigenvalue weighted by atomic mass is 9.92. The number of thioether (sulfide) groups is 1. The molecule has 10 nitrogen and oxygen atoms in total. The molecule has 1 aliphatic heterocycles. The first-order valence-electron chi connectivity index (χ1n) is 13.1. The minimum absolute atomic E-state index is 0.141. The molecule has 1 unspecified atom stereocenters. The summed E-state index contributed by atoms with van der Waals surface area (Å²) in [7, 11) is 3.00. The SMILES string of the molecule is C=CCCSSC[C@H]1NC(=O)[C@@H](CCSC)NC(=O)C[C@@H](C)OC(=O)C[C@H](OC(C)=O)[C@@H](C(C)CC)NC1=O. The summed E-state index contributed by atoms with van der Waals surface area (Å²) in [4.78, 5) is 64.3. The molecule has 0 aromatic rings. The summed E-state index contributed by atoms with van der Waals surface area (Å²) in [6, 6.07) is -2.48. The molecule has 1 aliphatic rings. The summed E-state index contributed by atoms with van der Waals surface area (Å²) < 4.78 is 10.9. The highest BCUT2D eigenvalue weighted by atomic mass is 33.1. The van der Waals surface area contributed by atoms with Crippen molar-refractivity contribution in [3.63, 3.8) is 0 Å². The minimum Gasteiger partial charge on any atom is -0.462 e. The van der Waals surface area contributed by atoms with Crippen LogP contribution in [0, 0.1) is 5.92 Å². The van der Waals surface area contributed by atoms with E-state index in [4.69, 9.17) is 9.47 Å². The second-order valence-corrected chi connectivity index (χ2v) is 13.0. The predicted octanol–water partition coefficient (Wildman–Crippen LogP) is 2.85. The Labute approximate surface area is 244 Å². The zero-order valence-corrected chi connectivity index (χ0v) is 25.9. The van der Waals surface area contributed by atoms with Crippen molar-refractivity contribution in [1.82, 2.24) is 16.0 Å². The number of rotatable bonds is 12. The van der Waals surface area contributed by atoms with E-state index in [9.17, 15) is 24.0 Å². The van der Waals surface area contributed by atoms with E-state index in [1.165, 1.54) is 29.5 Å². The van der Waals surface area contributed by atoms with E-state index in [0.29, 0.717) is 18.6 Å². The largest absolute Gasteiger partial charge is 0.462 e. The number of hydrogen-bond acceptors (Lipinski definition) is 10. The highest BCUT2D eigenvalue weighted by Crippen LogP contribution is 2.24. The standard InChI is InChI=1S/C26H43N3O7S3/c1-7-9-11-38-39-15-20-26(34)29-24(16(3)8-2)21(36-18(5)30)14-23(32)35-17(4)13-22(31)27-19(10-12-37-6)25(33)28-20/h7,16-17,19-21,24H,1,8-15H2,2-6H3,(H,27,31)(H,28,33)(H,29,34)/t16?,17-,19-,20-,21+,24-/m1/s1. The first-order chi connectivity index (χ1) is 18.5. The molecule has 0 aromatic carbocycles. The topological polar surface area (TPSA) is 140 Å². The van der Waals surface area contributed by atoms with E-state index in [-0.39, 0.29) is 24.5 Å². The second kappa shape index (κ2) is 19.3. The smallest absolute Gasteiger partial charge is 0.309 e. The third-order valence-corrected chi connectivity index (χ3v) is 9.17. The van der Waals surface area contributed by atoms with Crippen molar-refractivity contribution >= 4 is 63.0 Å². The van der Waals surface area contributed by atoms with Crippen molar-refractivity contribution in [1.29, 1.82) is 0 Å². The number of nitrogens with one attached hydrogen (secondary N) is 3. The van der Waals surface area contributed by atoms with Gasteiger partial charge in [0.25, 0.3) is 0 Å². The number of cyclic esters (lactones) is 1. The normalized spacial score (nSPS) is 26.1. The van der Waals surface area contributed by atoms with Gasteiger partial charge in [-0.3, -0.25) is 24.0 Å². The average Bonchev–Trinajstić information content (AvgIpc) is 2.86. The maximum absolute atomic E-state index is 13.6. The van der Waals surface area contributed by atoms with Gasteiger partial charge in [0.1, 0.15) is 24.3 Å². The van der Waals surface area contributed by atoms with Gasteiger partial charge in [0.2, 0.25) is 17.7 Å². The van der Waals surface area contributed by atoms with Gasteiger partial charge in [-0.05, 0) is 37.7 Å². The number of allylic oxidation sites excluding steroid dienone is 1. The number of carbonyl (C=O) groups is 5. The van der Waals surface area contributed by atoms with Gasteiger partial charge in [0.15, 0.2) is 0 Å². The van der Waals surface area contributed by atoms with Crippen LogP contribution in [0.2, 0.25) is 0 Å². The van der Waals surface area contributed by atoms with E-state index in [1.54, 1.807) is 17.7 Å². The molecule has 3 N–H and O–H groups in total. The maximum atomic E-state index is 13.6. The fourth-order valence-corrected chi connectivity index (χ4v) is 6.49. The summed E-state index contributed by atoms with van der Waals surface area (Å²) >= 11 is 1.53. The first-order valence-corrected chi connectivity index (χ1v) is 17.0. The van der Waals surface area contributed by atoms with Gasteiger partial charge in [-0.2, -0.15) is 11.8 Å². The highest BCUT2D eigenvalue weighted by molar-refractivity contribution is 8.76. The molecule has 0 radical (unpaired) electrons. The Hall–Kier alpha value is -1.86. The molecule has 39 heavy (non-hydrogen) atoms. The van der Waals surface area contributed by atoms with Crippen molar-refractivity contribution in [2.24, 2.45) is 5.92 Å². The van der Waals surface area contributed by atoms with Crippen LogP contribution < -0.4 is 16.0 Å². The van der Waals surface area contributed by atoms with Crippen molar-refractivity contribution in [3.8, 4) is 0 Å². The molecular formula is C26H43N3O7S3. The van der Waals surface area contributed by atoms with Gasteiger partial charge in [0, 0.05) is 18.4 Å². The lowest BCUT2D eigenvalue weighted by molar-refractivity contribution is -0.159. The van der Waals surface area contributed by atoms with E-state index >= 15 is 0 Å². The van der Waals surface area contributed by atoms with Gasteiger partial charge in [0.05, 0.1) is 18.9 Å². The predicted molar refractivity (Wildman–Crippen MR) is 158 cm³/mol. The van der Waals surface area contributed by atoms with Crippen LogP contribution in [0.4, 0.5) is 0 Å². The van der Waals surface area contributed by atoms with Crippen LogP contribution in [0.25, 0.3) is 0 Å². The maximum Gasteiger partial charge on any atom is 0.309 e. The molecular weight excluding hydrogens is 563 g/mol. The Bertz CT molecular complexity index is 846. The summed E-state index contributed by atoms with van der Waals surface area (Å²) in [5.41, 5.74) is 0. The lowest BCUT2D eigenvalue weighted by Gasteiger charge is -2.33. The van der Waals surface area contributed by atoms with Crippen molar-refractivity contribution in [2.45, 2.75) is 90.1 Å². The molecule has 0 aliphatic carbocycles. The lowest BCUT2D eigenvalue weighted by Crippen LogP contribution is -2.58. The van der Waals surface area contributed by atoms with Gasteiger partial charge >= 0.3 is 11.9 Å². The number of ether oxygens (including phenoxy) is 2. The Morgan fingerprint density at radius 2 is 1.79 bits per heavy atom. The molecule has 6 atom stereocenters. The molecule has 222 valence electrons. The van der Waals surface area contributed by atoms with Crippen LogP contribution in [0.15, 0.2) is 12.7 Å². The summed E-state index contributed by atoms with van der Waals surface area (Å²) in [5.74, 6) is -1.11. The molecule has 0 aromatic heterocycles. The van der Waals surface area contributed by atoms with Crippen LogP contribution >= 0.6 is 33.3 Å². The number of amides is 3. The molecule has 0 saturated carbocycles. The molecule has 1 rings (SSSR count). The highest BCUT2D eigenvalue weighted by Gasteiger charge is 2.36. The third-order valence-electron chi connectivity index (χ3n) is 6.08. The molecule has 1 saturated heterocycles. The van der Waals surface area contributed by atoms with Crippen LogP contribution in [0.5, 0.6) is 0 Å². The molecule has 0 bridgehead atoms. The Kier molecular flexibility index (Phi) is 17.4. The number of esters is 2. The number of carbonyl (C=O) groups excluding carboxylic acids is 5. The zero-order valence-electron chi connectivity index (χ0n) is 23.5. The van der Waals surface area contributed by atoms with E-state index < -0.39 is 60.0 Å². The number of hydrogen-bond donors (Lipinski definition) is 3. The van der Waals surface area contributed by atoms with Gasteiger partial charge < -0.3 is 25.4 Å². The fraction of sp³-hybridized carbons (Fsp3) is 0.731. The summed E-state index contributed by atoms with van der Waals surface area (Å²) in [6.45, 7) is 10.3. The van der Waals surface area contributed by atoms with Crippen molar-refractivity contribution in [2.75, 3.05) is 23.5 Å². The minimum atomic E-state index is -0.986. The summed E-state index contributed by atoms with van der Waals surface area (Å²) in [6.07, 6.45) is 3.33. The van der Waals surface area contributed by atoms with E-state index in [0.717, 1.165) is 12.2 Å². The van der Waals surface area contributed by atoms with E-state index in [1.807, 2.05) is 26.2 Å². The van der Waals surface area contributed by atoms with Crippen LogP contribution in [0.1, 0.15) is 59.8 Å². The monoisotopic (exact) mass is 605 g/mol. The van der Waals surface area contributed by atoms with Crippen LogP contribution in [-0.2, 0) is 33.4 Å². The molecule has 1 heterocycles. The quantitative estimate of drug-likeness (QED) is 0.132. The third kappa shape index (κ3) is 13.9. The molecule has 13 heteroatoms. The van der Waals surface area contributed by atoms with Crippen LogP contribution in [-0.4, -0.2) is 83.5 Å². The fourth-order valence-electron chi connectivity index (χ4n) is 3.83. The zero-order chi connectivity index (χ0) is 29.4. The Balaban J connectivity index is 3.39. The van der Waals surface area contributed by atoms with Gasteiger partial charge in [-0.25, -0.2) is 0 Å². The summed E-state index contributed by atoms with van der Waals surface area (Å²) in [5, 5.41) is 8.50. The Morgan fingerprint density at radius 3 is 2.41 bits per heavy atom. The van der Waals surface area contributed by atoms with Crippen LogP contribution in [0.3, 0.4) is 0 Å². The van der Waals surface area contributed by atoms with Crippen molar-refractivity contribution in [3.05, 3.63) is 12.7 Å². The molecule has 3 amide bonds. The van der Waals surface area contributed by atoms with Gasteiger partial charge in [-0.1, -0.05) is 47.9 Å². The van der Waals surface area contributed by atoms with Crippen molar-refractivity contribution < 1.29 is 33.4 Å². The average molecular weight is 606 g/mol. The van der Waals surface area contributed by atoms with E-state index in [2.05, 4.69) is 22.5 Å². The second-order valence-electron chi connectivity index (χ2n) is 9.42. The van der Waals surface area contributed by atoms with Gasteiger partial charge in [-0.15, -0.1) is 6.58 Å².